The standard InChI is InChI=1S/C12H22O5.C10H18O6/c1-6-7(13)8(14)10(12(2,3)4)17-9(6)11(15)16-5;1-10(2,3)8-6(13)4(11)5(12)7(16-8)9(14)15/h6-10,13-14H,1-5H3;4-8,11-13H,1-3H3,(H,14,15)/t6?,7-,8?,9-,10+;4-,5?,6?,7-,8+/m00/s1. The molecule has 0 spiro atoms. The summed E-state index contributed by atoms with van der Waals surface area (Å²) in [6, 6.07) is 0. The highest BCUT2D eigenvalue weighted by Gasteiger charge is 2.51. The summed E-state index contributed by atoms with van der Waals surface area (Å²) in [7, 11) is 1.28. The van der Waals surface area contributed by atoms with Crippen LogP contribution in [-0.2, 0) is 23.8 Å². The summed E-state index contributed by atoms with van der Waals surface area (Å²) < 4.78 is 15.4. The summed E-state index contributed by atoms with van der Waals surface area (Å²) in [5, 5.41) is 57.5. The maximum atomic E-state index is 11.6. The van der Waals surface area contributed by atoms with Gasteiger partial charge in [0.25, 0.3) is 0 Å². The number of esters is 1. The first-order valence-corrected chi connectivity index (χ1v) is 10.9. The zero-order valence-corrected chi connectivity index (χ0v) is 20.5. The molecule has 0 aliphatic carbocycles. The topological polar surface area (TPSA) is 183 Å². The van der Waals surface area contributed by atoms with Gasteiger partial charge < -0.3 is 44.8 Å². The molecule has 194 valence electrons. The van der Waals surface area contributed by atoms with Crippen LogP contribution in [-0.4, -0.2) is 105 Å². The Morgan fingerprint density at radius 1 is 0.697 bits per heavy atom. The summed E-state index contributed by atoms with van der Waals surface area (Å²) in [5.74, 6) is -2.36. The van der Waals surface area contributed by atoms with E-state index in [-0.39, 0.29) is 5.41 Å². The average molecular weight is 481 g/mol. The second kappa shape index (κ2) is 10.9. The van der Waals surface area contributed by atoms with Gasteiger partial charge in [-0.3, -0.25) is 0 Å². The van der Waals surface area contributed by atoms with Crippen LogP contribution in [0.25, 0.3) is 0 Å². The molecule has 11 nitrogen and oxygen atoms in total. The lowest BCUT2D eigenvalue weighted by atomic mass is 9.78. The Kier molecular flexibility index (Phi) is 9.84. The first kappa shape index (κ1) is 29.7. The van der Waals surface area contributed by atoms with Gasteiger partial charge in [0.15, 0.2) is 12.2 Å². The van der Waals surface area contributed by atoms with Crippen molar-refractivity contribution in [3.63, 3.8) is 0 Å². The van der Waals surface area contributed by atoms with E-state index in [4.69, 9.17) is 14.6 Å². The monoisotopic (exact) mass is 480 g/mol. The van der Waals surface area contributed by atoms with Crippen LogP contribution in [0.2, 0.25) is 0 Å². The Bertz CT molecular complexity index is 668. The molecule has 2 fully saturated rings. The number of rotatable bonds is 2. The fourth-order valence-corrected chi connectivity index (χ4v) is 3.93. The number of aliphatic carboxylic acids is 1. The van der Waals surface area contributed by atoms with Crippen LogP contribution in [0.3, 0.4) is 0 Å². The van der Waals surface area contributed by atoms with Crippen molar-refractivity contribution < 1.29 is 54.4 Å². The normalized spacial score (nSPS) is 39.8. The fraction of sp³-hybridized carbons (Fsp3) is 0.909. The maximum Gasteiger partial charge on any atom is 0.335 e. The zero-order chi connectivity index (χ0) is 26.0. The Balaban J connectivity index is 0.000000331. The van der Waals surface area contributed by atoms with Gasteiger partial charge in [0.2, 0.25) is 0 Å². The van der Waals surface area contributed by atoms with Gasteiger partial charge in [-0.25, -0.2) is 9.59 Å². The van der Waals surface area contributed by atoms with Crippen LogP contribution in [0.4, 0.5) is 0 Å². The van der Waals surface area contributed by atoms with Crippen molar-refractivity contribution in [3.8, 4) is 0 Å². The van der Waals surface area contributed by atoms with E-state index in [0.717, 1.165) is 0 Å². The van der Waals surface area contributed by atoms with Crippen molar-refractivity contribution in [2.75, 3.05) is 7.11 Å². The zero-order valence-electron chi connectivity index (χ0n) is 20.5. The number of carboxylic acid groups (broad SMARTS) is 1. The highest BCUT2D eigenvalue weighted by Crippen LogP contribution is 2.36. The Morgan fingerprint density at radius 2 is 1.09 bits per heavy atom. The molecule has 0 bridgehead atoms. The molecule has 10 atom stereocenters. The Morgan fingerprint density at radius 3 is 1.45 bits per heavy atom. The van der Waals surface area contributed by atoms with Crippen molar-refractivity contribution in [1.29, 1.82) is 0 Å². The van der Waals surface area contributed by atoms with Crippen LogP contribution in [0.1, 0.15) is 48.5 Å². The van der Waals surface area contributed by atoms with Gasteiger partial charge in [0.1, 0.15) is 24.4 Å². The lowest BCUT2D eigenvalue weighted by molar-refractivity contribution is -0.246. The average Bonchev–Trinajstić information content (AvgIpc) is 2.68. The van der Waals surface area contributed by atoms with Gasteiger partial charge in [-0.05, 0) is 10.8 Å². The highest BCUT2D eigenvalue weighted by molar-refractivity contribution is 5.75. The molecule has 0 saturated carbocycles. The Labute approximate surface area is 194 Å². The predicted molar refractivity (Wildman–Crippen MR) is 115 cm³/mol. The van der Waals surface area contributed by atoms with E-state index >= 15 is 0 Å². The second-order valence-electron chi connectivity index (χ2n) is 10.9. The molecule has 2 aliphatic heterocycles. The Hall–Kier alpha value is -1.34. The minimum absolute atomic E-state index is 0.368. The van der Waals surface area contributed by atoms with E-state index in [9.17, 15) is 35.1 Å². The first-order valence-electron chi connectivity index (χ1n) is 10.9. The molecular weight excluding hydrogens is 440 g/mol. The summed E-state index contributed by atoms with van der Waals surface area (Å²) in [5.41, 5.74) is -0.902. The summed E-state index contributed by atoms with van der Waals surface area (Å²) in [6.07, 6.45) is -10.2. The van der Waals surface area contributed by atoms with E-state index in [1.54, 1.807) is 27.7 Å². The smallest absolute Gasteiger partial charge is 0.335 e. The van der Waals surface area contributed by atoms with E-state index in [1.165, 1.54) is 7.11 Å². The largest absolute Gasteiger partial charge is 0.479 e. The number of aliphatic hydroxyl groups excluding tert-OH is 5. The van der Waals surface area contributed by atoms with Gasteiger partial charge in [-0.1, -0.05) is 48.5 Å². The van der Waals surface area contributed by atoms with Crippen molar-refractivity contribution in [2.45, 2.75) is 103 Å². The third kappa shape index (κ3) is 6.84. The molecule has 0 aromatic heterocycles. The molecule has 11 heteroatoms. The van der Waals surface area contributed by atoms with E-state index in [2.05, 4.69) is 4.74 Å². The molecule has 2 heterocycles. The molecule has 6 N–H and O–H groups in total. The number of carbonyl (C=O) groups is 2. The van der Waals surface area contributed by atoms with Crippen molar-refractivity contribution in [1.82, 2.24) is 0 Å². The molecule has 0 aromatic carbocycles. The number of ether oxygens (including phenoxy) is 3. The molecule has 0 radical (unpaired) electrons. The van der Waals surface area contributed by atoms with Gasteiger partial charge in [0.05, 0.1) is 25.4 Å². The fourth-order valence-electron chi connectivity index (χ4n) is 3.93. The van der Waals surface area contributed by atoms with Crippen LogP contribution in [0.5, 0.6) is 0 Å². The van der Waals surface area contributed by atoms with Crippen LogP contribution in [0, 0.1) is 16.7 Å². The van der Waals surface area contributed by atoms with E-state index in [1.807, 2.05) is 20.8 Å². The lowest BCUT2D eigenvalue weighted by Crippen LogP contribution is -2.62. The molecule has 4 unspecified atom stereocenters. The lowest BCUT2D eigenvalue weighted by Gasteiger charge is -2.45. The molecule has 0 amide bonds. The number of carbonyl (C=O) groups excluding carboxylic acids is 1. The van der Waals surface area contributed by atoms with E-state index < -0.39 is 78.2 Å². The summed E-state index contributed by atoms with van der Waals surface area (Å²) in [4.78, 5) is 22.4. The molecule has 2 rings (SSSR count). The molecule has 2 saturated heterocycles. The minimum atomic E-state index is -1.62. The maximum absolute atomic E-state index is 11.6. The van der Waals surface area contributed by atoms with Gasteiger partial charge in [-0.15, -0.1) is 0 Å². The van der Waals surface area contributed by atoms with Crippen LogP contribution in [0.15, 0.2) is 0 Å². The number of hydrogen-bond acceptors (Lipinski definition) is 10. The van der Waals surface area contributed by atoms with Gasteiger partial charge in [0, 0.05) is 5.92 Å². The third-order valence-corrected chi connectivity index (χ3v) is 5.97. The van der Waals surface area contributed by atoms with Crippen molar-refractivity contribution in [2.24, 2.45) is 16.7 Å². The second-order valence-corrected chi connectivity index (χ2v) is 10.9. The number of carboxylic acids is 1. The van der Waals surface area contributed by atoms with Crippen LogP contribution >= 0.6 is 0 Å². The molecule has 33 heavy (non-hydrogen) atoms. The quantitative estimate of drug-likeness (QED) is 0.275. The van der Waals surface area contributed by atoms with Crippen molar-refractivity contribution in [3.05, 3.63) is 0 Å². The van der Waals surface area contributed by atoms with E-state index in [0.29, 0.717) is 0 Å². The van der Waals surface area contributed by atoms with Gasteiger partial charge >= 0.3 is 11.9 Å². The molecular formula is C22H40O11. The summed E-state index contributed by atoms with van der Waals surface area (Å²) in [6.45, 7) is 12.6. The van der Waals surface area contributed by atoms with Gasteiger partial charge in [-0.2, -0.15) is 0 Å². The highest BCUT2D eigenvalue weighted by atomic mass is 16.6. The van der Waals surface area contributed by atoms with Crippen molar-refractivity contribution >= 4 is 11.9 Å². The SMILES string of the molecule is CC(C)(C)[C@@H]1O[C@H](C(=O)O)C(O)[C@H](O)C1O.COC(=O)[C@H]1O[C@@H](C(C)(C)C)C(O)[C@@H](O)C1C. The predicted octanol–water partition coefficient (Wildman–Crippen LogP) is -0.702. The summed E-state index contributed by atoms with van der Waals surface area (Å²) >= 11 is 0. The number of methoxy groups -OCH3 is 1. The first-order chi connectivity index (χ1) is 14.9. The molecule has 0 aromatic rings. The minimum Gasteiger partial charge on any atom is -0.479 e. The van der Waals surface area contributed by atoms with Crippen LogP contribution < -0.4 is 0 Å². The number of hydrogen-bond donors (Lipinski definition) is 6. The third-order valence-electron chi connectivity index (χ3n) is 5.97. The number of aliphatic hydroxyl groups is 5. The molecule has 2 aliphatic rings.